The van der Waals surface area contributed by atoms with Gasteiger partial charge in [-0.05, 0) is 6.42 Å². The van der Waals surface area contributed by atoms with E-state index in [-0.39, 0.29) is 6.42 Å². The molecule has 94 valence electrons. The third-order valence-corrected chi connectivity index (χ3v) is 2.10. The Bertz CT molecular complexity index is 264. The van der Waals surface area contributed by atoms with Crippen LogP contribution in [0.5, 0.6) is 0 Å². The van der Waals surface area contributed by atoms with Gasteiger partial charge in [0.25, 0.3) is 0 Å². The Balaban J connectivity index is 4.08. The van der Waals surface area contributed by atoms with Crippen LogP contribution in [0.3, 0.4) is 0 Å². The third kappa shape index (κ3) is 5.88. The van der Waals surface area contributed by atoms with Crippen LogP contribution in [-0.4, -0.2) is 0 Å². The molecule has 0 N–H and O–H groups in total. The Kier molecular flexibility index (Phi) is 7.85. The molecule has 5 heteroatoms. The normalized spacial score (nSPS) is 12.4. The van der Waals surface area contributed by atoms with Crippen LogP contribution in [0.25, 0.3) is 0 Å². The van der Waals surface area contributed by atoms with E-state index in [1.165, 1.54) is 0 Å². The molecule has 0 fully saturated rings. The molecular weight excluding hydrogens is 227 g/mol. The molecule has 0 spiro atoms. The van der Waals surface area contributed by atoms with Crippen molar-refractivity contribution in [2.45, 2.75) is 45.4 Å². The van der Waals surface area contributed by atoms with Gasteiger partial charge in [-0.15, -0.1) is 0 Å². The lowest BCUT2D eigenvalue weighted by molar-refractivity contribution is 0.364. The van der Waals surface area contributed by atoms with Gasteiger partial charge in [0.05, 0.1) is 0 Å². The van der Waals surface area contributed by atoms with E-state index in [9.17, 15) is 22.0 Å². The Hall–Kier alpha value is -0.870. The lowest BCUT2D eigenvalue weighted by Crippen LogP contribution is -1.86. The van der Waals surface area contributed by atoms with Gasteiger partial charge in [0.1, 0.15) is 5.83 Å². The van der Waals surface area contributed by atoms with Gasteiger partial charge in [-0.2, -0.15) is 13.2 Å². The molecule has 0 heterocycles. The SMILES string of the molecule is CCCCCCC/C(F)=C(/F)C(F)=C(F)F. The average molecular weight is 242 g/mol. The molecule has 0 aromatic heterocycles. The number of rotatable bonds is 7. The highest BCUT2D eigenvalue weighted by Crippen LogP contribution is 2.26. The maximum atomic E-state index is 12.8. The standard InChI is InChI=1S/C11H15F5/c1-2-3-4-5-6-7-8(12)9(13)10(14)11(15)16/h2-7H2,1H3/b9-8-. The fraction of sp³-hybridized carbons (Fsp3) is 0.636. The van der Waals surface area contributed by atoms with E-state index in [4.69, 9.17) is 0 Å². The first-order valence-electron chi connectivity index (χ1n) is 5.26. The monoisotopic (exact) mass is 242 g/mol. The molecule has 0 aromatic carbocycles. The van der Waals surface area contributed by atoms with Crippen LogP contribution in [-0.2, 0) is 0 Å². The van der Waals surface area contributed by atoms with E-state index in [1.807, 2.05) is 6.92 Å². The lowest BCUT2D eigenvalue weighted by Gasteiger charge is -2.00. The van der Waals surface area contributed by atoms with Crippen molar-refractivity contribution in [2.75, 3.05) is 0 Å². The quantitative estimate of drug-likeness (QED) is 0.311. The molecule has 0 aromatic rings. The molecule has 0 radical (unpaired) electrons. The second-order valence-corrected chi connectivity index (χ2v) is 3.46. The largest absolute Gasteiger partial charge is 0.308 e. The highest BCUT2D eigenvalue weighted by atomic mass is 19.3. The zero-order valence-electron chi connectivity index (χ0n) is 9.13. The second-order valence-electron chi connectivity index (χ2n) is 3.46. The maximum absolute atomic E-state index is 12.8. The summed E-state index contributed by atoms with van der Waals surface area (Å²) < 4.78 is 60.9. The van der Waals surface area contributed by atoms with Gasteiger partial charge >= 0.3 is 6.08 Å². The van der Waals surface area contributed by atoms with Crippen LogP contribution in [0.2, 0.25) is 0 Å². The first kappa shape index (κ1) is 15.1. The molecule has 0 atom stereocenters. The topological polar surface area (TPSA) is 0 Å². The van der Waals surface area contributed by atoms with Crippen LogP contribution < -0.4 is 0 Å². The van der Waals surface area contributed by atoms with Gasteiger partial charge < -0.3 is 0 Å². The minimum atomic E-state index is -2.83. The number of hydrogen-bond acceptors (Lipinski definition) is 0. The minimum absolute atomic E-state index is 0.334. The summed E-state index contributed by atoms with van der Waals surface area (Å²) >= 11 is 0. The zero-order chi connectivity index (χ0) is 12.6. The molecule has 0 unspecified atom stereocenters. The van der Waals surface area contributed by atoms with E-state index < -0.39 is 23.6 Å². The zero-order valence-corrected chi connectivity index (χ0v) is 9.13. The Morgan fingerprint density at radius 2 is 1.31 bits per heavy atom. The molecular formula is C11H15F5. The van der Waals surface area contributed by atoms with E-state index in [0.717, 1.165) is 19.3 Å². The van der Waals surface area contributed by atoms with Gasteiger partial charge in [-0.25, -0.2) is 8.78 Å². The molecule has 0 aliphatic heterocycles. The van der Waals surface area contributed by atoms with Crippen molar-refractivity contribution in [3.05, 3.63) is 23.6 Å². The lowest BCUT2D eigenvalue weighted by atomic mass is 10.1. The van der Waals surface area contributed by atoms with Crippen LogP contribution in [0, 0.1) is 0 Å². The number of allylic oxidation sites excluding steroid dienone is 3. The molecule has 0 saturated carbocycles. The summed E-state index contributed by atoms with van der Waals surface area (Å²) in [6.07, 6.45) is 0.715. The summed E-state index contributed by atoms with van der Waals surface area (Å²) in [5.41, 5.74) is 0. The summed E-state index contributed by atoms with van der Waals surface area (Å²) in [5.74, 6) is -5.91. The molecule has 0 nitrogen and oxygen atoms in total. The van der Waals surface area contributed by atoms with E-state index in [1.54, 1.807) is 0 Å². The Labute approximate surface area is 91.8 Å². The van der Waals surface area contributed by atoms with Crippen molar-refractivity contribution in [1.29, 1.82) is 0 Å². The van der Waals surface area contributed by atoms with E-state index >= 15 is 0 Å². The molecule has 0 aliphatic rings. The molecule has 0 bridgehead atoms. The molecule has 0 aliphatic carbocycles. The summed E-state index contributed by atoms with van der Waals surface area (Å²) in [7, 11) is 0. The average Bonchev–Trinajstić information content (AvgIpc) is 2.26. The van der Waals surface area contributed by atoms with Crippen LogP contribution in [0.1, 0.15) is 45.4 Å². The van der Waals surface area contributed by atoms with Crippen molar-refractivity contribution >= 4 is 0 Å². The van der Waals surface area contributed by atoms with Crippen molar-refractivity contribution in [1.82, 2.24) is 0 Å². The van der Waals surface area contributed by atoms with Gasteiger partial charge in [0.15, 0.2) is 5.83 Å². The fourth-order valence-corrected chi connectivity index (χ4v) is 1.20. The first-order valence-corrected chi connectivity index (χ1v) is 5.26. The van der Waals surface area contributed by atoms with E-state index in [2.05, 4.69) is 0 Å². The number of hydrogen-bond donors (Lipinski definition) is 0. The smallest absolute Gasteiger partial charge is 0.208 e. The predicted molar refractivity (Wildman–Crippen MR) is 53.0 cm³/mol. The molecule has 0 saturated heterocycles. The van der Waals surface area contributed by atoms with Crippen LogP contribution in [0.4, 0.5) is 22.0 Å². The van der Waals surface area contributed by atoms with Crippen LogP contribution in [0.15, 0.2) is 23.6 Å². The molecule has 0 amide bonds. The highest BCUT2D eigenvalue weighted by molar-refractivity contribution is 5.22. The first-order chi connectivity index (χ1) is 7.50. The van der Waals surface area contributed by atoms with Gasteiger partial charge in [-0.1, -0.05) is 32.6 Å². The predicted octanol–water partition coefficient (Wildman–Crippen LogP) is 5.58. The maximum Gasteiger partial charge on any atom is 0.308 e. The number of halogens is 5. The van der Waals surface area contributed by atoms with Crippen molar-refractivity contribution in [2.24, 2.45) is 0 Å². The molecule has 0 rings (SSSR count). The summed E-state index contributed by atoms with van der Waals surface area (Å²) in [6, 6.07) is 0. The van der Waals surface area contributed by atoms with Gasteiger partial charge in [0.2, 0.25) is 5.83 Å². The summed E-state index contributed by atoms with van der Waals surface area (Å²) in [4.78, 5) is 0. The van der Waals surface area contributed by atoms with Crippen molar-refractivity contribution in [3.63, 3.8) is 0 Å². The second kappa shape index (κ2) is 8.30. The third-order valence-electron chi connectivity index (χ3n) is 2.10. The Morgan fingerprint density at radius 3 is 1.81 bits per heavy atom. The number of unbranched alkanes of at least 4 members (excludes halogenated alkanes) is 4. The van der Waals surface area contributed by atoms with Crippen LogP contribution >= 0.6 is 0 Å². The summed E-state index contributed by atoms with van der Waals surface area (Å²) in [6.45, 7) is 2.00. The van der Waals surface area contributed by atoms with Crippen molar-refractivity contribution < 1.29 is 22.0 Å². The molecule has 16 heavy (non-hydrogen) atoms. The highest BCUT2D eigenvalue weighted by Gasteiger charge is 2.16. The minimum Gasteiger partial charge on any atom is -0.208 e. The Morgan fingerprint density at radius 1 is 0.750 bits per heavy atom. The van der Waals surface area contributed by atoms with Crippen molar-refractivity contribution in [3.8, 4) is 0 Å². The fourth-order valence-electron chi connectivity index (χ4n) is 1.20. The van der Waals surface area contributed by atoms with E-state index in [0.29, 0.717) is 12.8 Å². The van der Waals surface area contributed by atoms with Gasteiger partial charge in [0, 0.05) is 6.42 Å². The van der Waals surface area contributed by atoms with Gasteiger partial charge in [-0.3, -0.25) is 0 Å². The summed E-state index contributed by atoms with van der Waals surface area (Å²) in [5, 5.41) is 0.